The first kappa shape index (κ1) is 16.7. The summed E-state index contributed by atoms with van der Waals surface area (Å²) >= 11 is 1.44. The molecule has 0 aliphatic carbocycles. The smallest absolute Gasteiger partial charge is 0.264 e. The van der Waals surface area contributed by atoms with E-state index in [0.29, 0.717) is 4.88 Å². The lowest BCUT2D eigenvalue weighted by Gasteiger charge is -2.22. The summed E-state index contributed by atoms with van der Waals surface area (Å²) in [5.74, 6) is -0.0755. The Labute approximate surface area is 145 Å². The van der Waals surface area contributed by atoms with Crippen LogP contribution in [-0.4, -0.2) is 45.4 Å². The largest absolute Gasteiger partial charge is 0.394 e. The van der Waals surface area contributed by atoms with E-state index in [9.17, 15) is 9.90 Å². The maximum Gasteiger partial charge on any atom is 0.264 e. The summed E-state index contributed by atoms with van der Waals surface area (Å²) in [7, 11) is 1.72. The average molecular weight is 343 g/mol. The highest BCUT2D eigenvalue weighted by Crippen LogP contribution is 2.31. The number of hydrogen-bond acceptors (Lipinski definition) is 4. The van der Waals surface area contributed by atoms with E-state index in [2.05, 4.69) is 18.1 Å². The predicted molar refractivity (Wildman–Crippen MR) is 97.1 cm³/mol. The molecule has 2 aromatic heterocycles. The molecule has 0 saturated heterocycles. The molecule has 1 amide bonds. The molecule has 3 rings (SSSR count). The highest BCUT2D eigenvalue weighted by atomic mass is 32.1. The number of benzene rings is 1. The predicted octanol–water partition coefficient (Wildman–Crippen LogP) is 3.16. The van der Waals surface area contributed by atoms with Gasteiger partial charge in [-0.15, -0.1) is 11.3 Å². The molecule has 1 N–H and O–H groups in total. The summed E-state index contributed by atoms with van der Waals surface area (Å²) in [5, 5.41) is 14.9. The average Bonchev–Trinajstić information content (AvgIpc) is 3.14. The number of carbonyl (C=O) groups excluding carboxylic acids is 1. The lowest BCUT2D eigenvalue weighted by molar-refractivity contribution is 0.0687. The fourth-order valence-corrected chi connectivity index (χ4v) is 3.77. The Balaban J connectivity index is 2.08. The van der Waals surface area contributed by atoms with Crippen molar-refractivity contribution in [1.82, 2.24) is 14.7 Å². The molecule has 1 atom stereocenters. The van der Waals surface area contributed by atoms with Gasteiger partial charge in [0.1, 0.15) is 4.83 Å². The van der Waals surface area contributed by atoms with Crippen LogP contribution in [0.2, 0.25) is 0 Å². The van der Waals surface area contributed by atoms with Crippen LogP contribution in [0.5, 0.6) is 0 Å². The van der Waals surface area contributed by atoms with E-state index in [1.54, 1.807) is 11.9 Å². The van der Waals surface area contributed by atoms with E-state index >= 15 is 0 Å². The van der Waals surface area contributed by atoms with Crippen LogP contribution in [0.15, 0.2) is 30.3 Å². The van der Waals surface area contributed by atoms with Crippen molar-refractivity contribution in [3.05, 3.63) is 46.5 Å². The Morgan fingerprint density at radius 1 is 1.38 bits per heavy atom. The van der Waals surface area contributed by atoms with Gasteiger partial charge in [-0.1, -0.05) is 18.2 Å². The number of para-hydroxylation sites is 1. The lowest BCUT2D eigenvalue weighted by atomic mass is 10.2. The molecule has 5 nitrogen and oxygen atoms in total. The molecule has 2 heterocycles. The number of likely N-dealkylation sites (N-methyl/N-ethyl adjacent to an activating group) is 1. The highest BCUT2D eigenvalue weighted by molar-refractivity contribution is 7.20. The van der Waals surface area contributed by atoms with E-state index in [-0.39, 0.29) is 18.6 Å². The number of aryl methyl sites for hydroxylation is 2. The second-order valence-electron chi connectivity index (χ2n) is 6.06. The van der Waals surface area contributed by atoms with Crippen LogP contribution in [0.3, 0.4) is 0 Å². The standard InChI is InChI=1S/C18H21N3O2S/c1-11-7-5-6-8-15(11)21-18-14(13(3)19-21)9-16(24-18)17(23)20(4)12(2)10-22/h5-9,12,22H,10H2,1-4H3. The molecule has 24 heavy (non-hydrogen) atoms. The molecule has 6 heteroatoms. The lowest BCUT2D eigenvalue weighted by Crippen LogP contribution is -2.36. The third-order valence-corrected chi connectivity index (χ3v) is 5.44. The van der Waals surface area contributed by atoms with E-state index in [1.165, 1.54) is 11.3 Å². The summed E-state index contributed by atoms with van der Waals surface area (Å²) in [6.45, 7) is 5.78. The molecule has 0 aliphatic rings. The Morgan fingerprint density at radius 3 is 2.75 bits per heavy atom. The summed E-state index contributed by atoms with van der Waals surface area (Å²) < 4.78 is 1.91. The first-order chi connectivity index (χ1) is 11.4. The van der Waals surface area contributed by atoms with Gasteiger partial charge < -0.3 is 10.0 Å². The number of nitrogens with zero attached hydrogens (tertiary/aromatic N) is 3. The Hall–Kier alpha value is -2.18. The molecule has 1 aromatic carbocycles. The van der Waals surface area contributed by atoms with E-state index < -0.39 is 0 Å². The molecule has 0 aliphatic heterocycles. The van der Waals surface area contributed by atoms with E-state index in [4.69, 9.17) is 0 Å². The van der Waals surface area contributed by atoms with Crippen LogP contribution in [0, 0.1) is 13.8 Å². The quantitative estimate of drug-likeness (QED) is 0.792. The van der Waals surface area contributed by atoms with Gasteiger partial charge >= 0.3 is 0 Å². The molecular weight excluding hydrogens is 322 g/mol. The number of aliphatic hydroxyl groups excluding tert-OH is 1. The Bertz CT molecular complexity index is 897. The first-order valence-corrected chi connectivity index (χ1v) is 8.69. The highest BCUT2D eigenvalue weighted by Gasteiger charge is 2.22. The van der Waals surface area contributed by atoms with Crippen molar-refractivity contribution in [2.24, 2.45) is 0 Å². The monoisotopic (exact) mass is 343 g/mol. The van der Waals surface area contributed by atoms with Gasteiger partial charge in [0, 0.05) is 12.4 Å². The second-order valence-corrected chi connectivity index (χ2v) is 7.09. The number of carbonyl (C=O) groups is 1. The van der Waals surface area contributed by atoms with Crippen LogP contribution in [0.4, 0.5) is 0 Å². The van der Waals surface area contributed by atoms with Gasteiger partial charge in [-0.3, -0.25) is 4.79 Å². The zero-order valence-electron chi connectivity index (χ0n) is 14.3. The number of hydrogen-bond donors (Lipinski definition) is 1. The Kier molecular flexibility index (Phi) is 4.43. The minimum absolute atomic E-state index is 0.0524. The van der Waals surface area contributed by atoms with Crippen LogP contribution >= 0.6 is 11.3 Å². The fraction of sp³-hybridized carbons (Fsp3) is 0.333. The number of aliphatic hydroxyl groups is 1. The second kappa shape index (κ2) is 6.37. The molecule has 126 valence electrons. The van der Waals surface area contributed by atoms with Gasteiger partial charge in [0.2, 0.25) is 0 Å². The van der Waals surface area contributed by atoms with E-state index in [1.807, 2.05) is 42.8 Å². The normalized spacial score (nSPS) is 12.5. The van der Waals surface area contributed by atoms with Gasteiger partial charge in [0.25, 0.3) is 5.91 Å². The maximum atomic E-state index is 12.6. The first-order valence-electron chi connectivity index (χ1n) is 7.87. The molecular formula is C18H21N3O2S. The molecule has 1 unspecified atom stereocenters. The number of thiophene rings is 1. The molecule has 0 bridgehead atoms. The number of rotatable bonds is 4. The van der Waals surface area contributed by atoms with Crippen molar-refractivity contribution in [3.8, 4) is 5.69 Å². The van der Waals surface area contributed by atoms with Gasteiger partial charge in [-0.05, 0) is 38.5 Å². The molecule has 0 radical (unpaired) electrons. The van der Waals surface area contributed by atoms with Gasteiger partial charge in [-0.2, -0.15) is 5.10 Å². The van der Waals surface area contributed by atoms with Crippen LogP contribution in [0.1, 0.15) is 27.9 Å². The minimum Gasteiger partial charge on any atom is -0.394 e. The van der Waals surface area contributed by atoms with E-state index in [0.717, 1.165) is 27.2 Å². The van der Waals surface area contributed by atoms with Crippen molar-refractivity contribution in [3.63, 3.8) is 0 Å². The summed E-state index contributed by atoms with van der Waals surface area (Å²) in [4.78, 5) is 15.8. The zero-order valence-corrected chi connectivity index (χ0v) is 15.1. The SMILES string of the molecule is Cc1ccccc1-n1nc(C)c2cc(C(=O)N(C)C(C)CO)sc21. The summed E-state index contributed by atoms with van der Waals surface area (Å²) in [6, 6.07) is 9.76. The van der Waals surface area contributed by atoms with Gasteiger partial charge in [0.05, 0.1) is 28.9 Å². The third kappa shape index (κ3) is 2.72. The van der Waals surface area contributed by atoms with Crippen LogP contribution in [0.25, 0.3) is 15.9 Å². The summed E-state index contributed by atoms with van der Waals surface area (Å²) in [6.07, 6.45) is 0. The van der Waals surface area contributed by atoms with Crippen molar-refractivity contribution < 1.29 is 9.90 Å². The summed E-state index contributed by atoms with van der Waals surface area (Å²) in [5.41, 5.74) is 3.06. The number of amides is 1. The minimum atomic E-state index is -0.211. The van der Waals surface area contributed by atoms with Gasteiger partial charge in [-0.25, -0.2) is 4.68 Å². The van der Waals surface area contributed by atoms with Crippen molar-refractivity contribution >= 4 is 27.5 Å². The number of aromatic nitrogens is 2. The Morgan fingerprint density at radius 2 is 2.08 bits per heavy atom. The molecule has 0 fully saturated rings. The van der Waals surface area contributed by atoms with Crippen LogP contribution in [-0.2, 0) is 0 Å². The van der Waals surface area contributed by atoms with Crippen LogP contribution < -0.4 is 0 Å². The number of fused-ring (bicyclic) bond motifs is 1. The van der Waals surface area contributed by atoms with Gasteiger partial charge in [0.15, 0.2) is 0 Å². The third-order valence-electron chi connectivity index (χ3n) is 4.34. The molecule has 0 spiro atoms. The van der Waals surface area contributed by atoms with Crippen molar-refractivity contribution in [1.29, 1.82) is 0 Å². The molecule has 3 aromatic rings. The molecule has 0 saturated carbocycles. The zero-order chi connectivity index (χ0) is 17.4. The van der Waals surface area contributed by atoms with Crippen molar-refractivity contribution in [2.75, 3.05) is 13.7 Å². The van der Waals surface area contributed by atoms with Crippen molar-refractivity contribution in [2.45, 2.75) is 26.8 Å². The topological polar surface area (TPSA) is 58.4 Å². The maximum absolute atomic E-state index is 12.6. The fourth-order valence-electron chi connectivity index (χ4n) is 2.61.